The number of nitrogens with zero attached hydrogens (tertiary/aromatic N) is 3. The van der Waals surface area contributed by atoms with Crippen LogP contribution >= 0.6 is 23.4 Å². The average Bonchev–Trinajstić information content (AvgIpc) is 3.22. The van der Waals surface area contributed by atoms with Gasteiger partial charge in [-0.1, -0.05) is 55.7 Å². The molecule has 5 atom stereocenters. The molecule has 7 nitrogen and oxygen atoms in total. The molecular weight excluding hydrogens is 522 g/mol. The molecule has 0 aromatic heterocycles. The van der Waals surface area contributed by atoms with E-state index in [0.717, 1.165) is 37.8 Å². The molecule has 1 spiro atoms. The van der Waals surface area contributed by atoms with Gasteiger partial charge in [-0.05, 0) is 43.5 Å². The Morgan fingerprint density at radius 2 is 1.74 bits per heavy atom. The predicted octanol–water partition coefficient (Wildman–Crippen LogP) is 3.90. The van der Waals surface area contributed by atoms with Crippen molar-refractivity contribution in [2.24, 2.45) is 11.8 Å². The number of aliphatic hydroxyl groups excluding tert-OH is 1. The van der Waals surface area contributed by atoms with Gasteiger partial charge >= 0.3 is 0 Å². The second kappa shape index (κ2) is 11.4. The van der Waals surface area contributed by atoms with Gasteiger partial charge in [0.25, 0.3) is 5.91 Å². The minimum atomic E-state index is -0.801. The van der Waals surface area contributed by atoms with Crippen LogP contribution in [0.25, 0.3) is 0 Å². The molecule has 4 aliphatic rings. The van der Waals surface area contributed by atoms with Crippen LogP contribution in [0.15, 0.2) is 48.6 Å². The number of carbonyl (C=O) groups excluding carboxylic acids is 3. The van der Waals surface area contributed by atoms with Gasteiger partial charge in [0.2, 0.25) is 11.8 Å². The number of hydrogen-bond donors (Lipinski definition) is 1. The van der Waals surface area contributed by atoms with E-state index in [0.29, 0.717) is 31.2 Å². The maximum absolute atomic E-state index is 14.4. The average molecular weight is 558 g/mol. The Labute approximate surface area is 233 Å². The van der Waals surface area contributed by atoms with Crippen LogP contribution in [0.5, 0.6) is 0 Å². The lowest BCUT2D eigenvalue weighted by molar-refractivity contribution is -0.142. The summed E-state index contributed by atoms with van der Waals surface area (Å²) in [4.78, 5) is 47.8. The first kappa shape index (κ1) is 27.3. The van der Waals surface area contributed by atoms with Crippen molar-refractivity contribution in [1.82, 2.24) is 9.80 Å². The van der Waals surface area contributed by atoms with Crippen molar-refractivity contribution >= 4 is 46.8 Å². The summed E-state index contributed by atoms with van der Waals surface area (Å²) in [5.41, 5.74) is 0.738. The summed E-state index contributed by atoms with van der Waals surface area (Å²) in [6.45, 7) is 4.28. The standard InChI is InChI=1S/C29H36ClN3O4S/c1-2-15-31-16-7-9-22-23(26(31)35)24-27(36)33(17-5-3-4-6-19-34)25-28(37)32(18-8-14-29(24,25)38-22)21-12-10-20(30)11-13-21/h7-14,22-25,34H,2-6,15-19H2,1H3/t22-,23+,24+,25?,29+/m1/s1. The van der Waals surface area contributed by atoms with Crippen molar-refractivity contribution in [1.29, 1.82) is 0 Å². The van der Waals surface area contributed by atoms with Crippen LogP contribution < -0.4 is 4.90 Å². The molecular formula is C29H36ClN3O4S. The van der Waals surface area contributed by atoms with Gasteiger partial charge in [-0.25, -0.2) is 0 Å². The largest absolute Gasteiger partial charge is 0.396 e. The van der Waals surface area contributed by atoms with Crippen LogP contribution in [0.4, 0.5) is 5.69 Å². The zero-order valence-electron chi connectivity index (χ0n) is 21.8. The Balaban J connectivity index is 1.53. The normalized spacial score (nSPS) is 30.4. The van der Waals surface area contributed by atoms with E-state index in [1.807, 2.05) is 29.2 Å². The molecule has 1 unspecified atom stereocenters. The van der Waals surface area contributed by atoms with E-state index in [-0.39, 0.29) is 29.6 Å². The number of rotatable bonds is 9. The molecule has 4 aliphatic heterocycles. The zero-order chi connectivity index (χ0) is 26.9. The first-order valence-corrected chi connectivity index (χ1v) is 15.0. The molecule has 204 valence electrons. The summed E-state index contributed by atoms with van der Waals surface area (Å²) < 4.78 is -0.801. The Bertz CT molecular complexity index is 1130. The van der Waals surface area contributed by atoms with E-state index in [2.05, 4.69) is 19.1 Å². The van der Waals surface area contributed by atoms with Crippen LogP contribution in [0, 0.1) is 11.8 Å². The lowest BCUT2D eigenvalue weighted by atomic mass is 9.78. The highest BCUT2D eigenvalue weighted by Gasteiger charge is 2.70. The van der Waals surface area contributed by atoms with Gasteiger partial charge in [0.05, 0.1) is 16.6 Å². The van der Waals surface area contributed by atoms with Crippen LogP contribution in [0.2, 0.25) is 5.02 Å². The van der Waals surface area contributed by atoms with Crippen molar-refractivity contribution in [3.63, 3.8) is 0 Å². The fourth-order valence-corrected chi connectivity index (χ4v) is 8.63. The molecule has 0 saturated carbocycles. The quantitative estimate of drug-likeness (QED) is 0.368. The van der Waals surface area contributed by atoms with Crippen molar-refractivity contribution in [3.8, 4) is 0 Å². The third-order valence-corrected chi connectivity index (χ3v) is 10.2. The van der Waals surface area contributed by atoms with E-state index in [1.165, 1.54) is 0 Å². The number of amides is 3. The van der Waals surface area contributed by atoms with E-state index < -0.39 is 22.6 Å². The molecule has 9 heteroatoms. The lowest BCUT2D eigenvalue weighted by Crippen LogP contribution is -2.53. The third-order valence-electron chi connectivity index (χ3n) is 8.18. The summed E-state index contributed by atoms with van der Waals surface area (Å²) in [6, 6.07) is 6.51. The highest BCUT2D eigenvalue weighted by atomic mass is 35.5. The van der Waals surface area contributed by atoms with Gasteiger partial charge < -0.3 is 19.8 Å². The number of aliphatic hydroxyl groups is 1. The molecule has 38 heavy (non-hydrogen) atoms. The number of unbranched alkanes of at least 4 members (excludes halogenated alkanes) is 3. The summed E-state index contributed by atoms with van der Waals surface area (Å²) in [7, 11) is 0. The zero-order valence-corrected chi connectivity index (χ0v) is 23.4. The minimum absolute atomic E-state index is 0.0211. The van der Waals surface area contributed by atoms with Gasteiger partial charge in [-0.3, -0.25) is 14.4 Å². The molecule has 0 aliphatic carbocycles. The first-order valence-electron chi connectivity index (χ1n) is 13.7. The maximum atomic E-state index is 14.4. The number of fused-ring (bicyclic) bond motifs is 2. The molecule has 4 heterocycles. The monoisotopic (exact) mass is 557 g/mol. The summed E-state index contributed by atoms with van der Waals surface area (Å²) >= 11 is 7.74. The molecule has 2 saturated heterocycles. The molecule has 1 aromatic carbocycles. The van der Waals surface area contributed by atoms with Gasteiger partial charge in [0, 0.05) is 48.7 Å². The van der Waals surface area contributed by atoms with Crippen molar-refractivity contribution in [2.75, 3.05) is 37.7 Å². The maximum Gasteiger partial charge on any atom is 0.251 e. The number of thioether (sulfide) groups is 1. The van der Waals surface area contributed by atoms with Crippen LogP contribution in [0.1, 0.15) is 39.0 Å². The highest BCUT2D eigenvalue weighted by Crippen LogP contribution is 2.61. The second-order valence-electron chi connectivity index (χ2n) is 10.6. The van der Waals surface area contributed by atoms with Gasteiger partial charge in [-0.15, -0.1) is 11.8 Å². The van der Waals surface area contributed by atoms with Crippen LogP contribution in [0.3, 0.4) is 0 Å². The van der Waals surface area contributed by atoms with E-state index in [1.54, 1.807) is 33.7 Å². The molecule has 1 aromatic rings. The molecule has 3 amide bonds. The Morgan fingerprint density at radius 1 is 0.974 bits per heavy atom. The number of halogens is 1. The third kappa shape index (κ3) is 4.69. The van der Waals surface area contributed by atoms with Crippen molar-refractivity contribution in [2.45, 2.75) is 55.1 Å². The van der Waals surface area contributed by atoms with E-state index in [4.69, 9.17) is 16.7 Å². The van der Waals surface area contributed by atoms with Gasteiger partial charge in [0.1, 0.15) is 6.04 Å². The summed E-state index contributed by atoms with van der Waals surface area (Å²) in [6.07, 6.45) is 12.2. The highest BCUT2D eigenvalue weighted by molar-refractivity contribution is 8.02. The van der Waals surface area contributed by atoms with Crippen LogP contribution in [-0.2, 0) is 14.4 Å². The summed E-state index contributed by atoms with van der Waals surface area (Å²) in [5.74, 6) is -1.26. The Kier molecular flexibility index (Phi) is 8.22. The topological polar surface area (TPSA) is 81.2 Å². The van der Waals surface area contributed by atoms with Gasteiger partial charge in [0.15, 0.2) is 0 Å². The first-order chi connectivity index (χ1) is 18.4. The Morgan fingerprint density at radius 3 is 2.47 bits per heavy atom. The number of likely N-dealkylation sites (tertiary alicyclic amines) is 1. The smallest absolute Gasteiger partial charge is 0.251 e. The fraction of sp³-hybridized carbons (Fsp3) is 0.552. The SMILES string of the molecule is CCCN1CC=C[C@H]2S[C@]34C=CCN(c5ccc(Cl)cc5)C(=O)C3N(CCCCCCO)C(=O)[C@@H]4[C@H]2C1=O. The molecule has 0 radical (unpaired) electrons. The van der Waals surface area contributed by atoms with Gasteiger partial charge in [-0.2, -0.15) is 0 Å². The molecule has 2 fully saturated rings. The predicted molar refractivity (Wildman–Crippen MR) is 151 cm³/mol. The number of hydrogen-bond acceptors (Lipinski definition) is 5. The minimum Gasteiger partial charge on any atom is -0.396 e. The number of carbonyl (C=O) groups is 3. The molecule has 1 N–H and O–H groups in total. The van der Waals surface area contributed by atoms with Crippen molar-refractivity contribution in [3.05, 3.63) is 53.6 Å². The molecule has 0 bridgehead atoms. The Hall–Kier alpha value is -2.29. The fourth-order valence-electron chi connectivity index (χ4n) is 6.50. The van der Waals surface area contributed by atoms with Crippen molar-refractivity contribution < 1.29 is 19.5 Å². The second-order valence-corrected chi connectivity index (χ2v) is 12.5. The van der Waals surface area contributed by atoms with E-state index >= 15 is 0 Å². The summed E-state index contributed by atoms with van der Waals surface area (Å²) in [5, 5.41) is 9.59. The molecule has 5 rings (SSSR count). The lowest BCUT2D eigenvalue weighted by Gasteiger charge is -2.35. The number of benzene rings is 1. The number of anilines is 1. The van der Waals surface area contributed by atoms with Crippen LogP contribution in [-0.4, -0.2) is 81.5 Å². The van der Waals surface area contributed by atoms with E-state index in [9.17, 15) is 14.4 Å².